The number of amides is 1. The number of halogens is 1. The van der Waals surface area contributed by atoms with Gasteiger partial charge in [0.2, 0.25) is 15.9 Å². The first-order chi connectivity index (χ1) is 20.6. The highest BCUT2D eigenvalue weighted by atomic mass is 35.5. The summed E-state index contributed by atoms with van der Waals surface area (Å²) in [4.78, 5) is 13.4. The molecule has 1 N–H and O–H groups in total. The van der Waals surface area contributed by atoms with Gasteiger partial charge in [0, 0.05) is 23.8 Å². The Morgan fingerprint density at radius 2 is 1.58 bits per heavy atom. The molecule has 4 aromatic rings. The van der Waals surface area contributed by atoms with Crippen molar-refractivity contribution in [2.24, 2.45) is 0 Å². The predicted molar refractivity (Wildman–Crippen MR) is 167 cm³/mol. The SMILES string of the molecule is COc1ccc(S(=O)(=O)N(CCc2ccccc2)CC(=O)Nc2ccc3c(c2)N(S(=O)(=O)c2ccc(Cl)cc2)CC3)cc1. The van der Waals surface area contributed by atoms with Crippen molar-refractivity contribution in [1.29, 1.82) is 0 Å². The van der Waals surface area contributed by atoms with Crippen molar-refractivity contribution < 1.29 is 26.4 Å². The van der Waals surface area contributed by atoms with Crippen molar-refractivity contribution in [3.8, 4) is 5.75 Å². The van der Waals surface area contributed by atoms with Crippen LogP contribution in [0.4, 0.5) is 11.4 Å². The number of fused-ring (bicyclic) bond motifs is 1. The molecular weight excluding hydrogens is 610 g/mol. The Labute approximate surface area is 256 Å². The monoisotopic (exact) mass is 639 g/mol. The third kappa shape index (κ3) is 6.86. The first-order valence-corrected chi connectivity index (χ1v) is 16.7. The van der Waals surface area contributed by atoms with Gasteiger partial charge in [0.05, 0.1) is 29.1 Å². The molecule has 0 bridgehead atoms. The zero-order valence-electron chi connectivity index (χ0n) is 23.3. The molecule has 0 atom stereocenters. The third-order valence-corrected chi connectivity index (χ3v) is 11.1. The molecule has 1 aliphatic rings. The molecule has 0 spiro atoms. The van der Waals surface area contributed by atoms with Crippen LogP contribution in [0.25, 0.3) is 0 Å². The Morgan fingerprint density at radius 3 is 2.26 bits per heavy atom. The number of carbonyl (C=O) groups excluding carboxylic acids is 1. The van der Waals surface area contributed by atoms with Gasteiger partial charge in [0.15, 0.2) is 0 Å². The van der Waals surface area contributed by atoms with Crippen LogP contribution in [0, 0.1) is 0 Å². The van der Waals surface area contributed by atoms with Crippen molar-refractivity contribution in [3.63, 3.8) is 0 Å². The second kappa shape index (κ2) is 12.8. The molecule has 1 heterocycles. The molecule has 4 aromatic carbocycles. The Morgan fingerprint density at radius 1 is 0.907 bits per heavy atom. The molecule has 43 heavy (non-hydrogen) atoms. The van der Waals surface area contributed by atoms with Crippen molar-refractivity contribution in [2.45, 2.75) is 22.6 Å². The van der Waals surface area contributed by atoms with Gasteiger partial charge in [-0.25, -0.2) is 16.8 Å². The summed E-state index contributed by atoms with van der Waals surface area (Å²) in [5.41, 5.74) is 2.56. The maximum absolute atomic E-state index is 13.6. The van der Waals surface area contributed by atoms with E-state index in [1.165, 1.54) is 47.8 Å². The number of ether oxygens (including phenoxy) is 1. The fraction of sp³-hybridized carbons (Fsp3) is 0.194. The summed E-state index contributed by atoms with van der Waals surface area (Å²) in [6.45, 7) is -0.112. The number of hydrogen-bond donors (Lipinski definition) is 1. The van der Waals surface area contributed by atoms with E-state index in [0.29, 0.717) is 35.0 Å². The van der Waals surface area contributed by atoms with Gasteiger partial charge in [0.25, 0.3) is 10.0 Å². The zero-order valence-corrected chi connectivity index (χ0v) is 25.7. The molecular formula is C31H30ClN3O6S2. The van der Waals surface area contributed by atoms with E-state index in [1.807, 2.05) is 30.3 Å². The van der Waals surface area contributed by atoms with E-state index in [9.17, 15) is 21.6 Å². The number of sulfonamides is 2. The van der Waals surface area contributed by atoms with E-state index in [-0.39, 0.29) is 22.9 Å². The van der Waals surface area contributed by atoms with Crippen LogP contribution < -0.4 is 14.4 Å². The van der Waals surface area contributed by atoms with Crippen LogP contribution in [0.2, 0.25) is 5.02 Å². The molecule has 0 saturated heterocycles. The molecule has 224 valence electrons. The van der Waals surface area contributed by atoms with Crippen molar-refractivity contribution in [2.75, 3.05) is 36.4 Å². The van der Waals surface area contributed by atoms with Gasteiger partial charge in [-0.05, 0) is 84.6 Å². The van der Waals surface area contributed by atoms with Crippen LogP contribution in [-0.2, 0) is 37.7 Å². The number of anilines is 2. The van der Waals surface area contributed by atoms with E-state index in [4.69, 9.17) is 16.3 Å². The Bertz CT molecular complexity index is 1820. The molecule has 0 radical (unpaired) electrons. The summed E-state index contributed by atoms with van der Waals surface area (Å²) in [5.74, 6) is -0.0496. The summed E-state index contributed by atoms with van der Waals surface area (Å²) in [6.07, 6.45) is 0.920. The topological polar surface area (TPSA) is 113 Å². The minimum absolute atomic E-state index is 0.0368. The molecule has 0 saturated carbocycles. The normalized spacial score (nSPS) is 13.1. The van der Waals surface area contributed by atoms with Gasteiger partial charge in [0.1, 0.15) is 5.75 Å². The lowest BCUT2D eigenvalue weighted by Crippen LogP contribution is -2.39. The largest absolute Gasteiger partial charge is 0.497 e. The fourth-order valence-electron chi connectivity index (χ4n) is 4.85. The molecule has 1 aliphatic heterocycles. The highest BCUT2D eigenvalue weighted by Crippen LogP contribution is 2.35. The highest BCUT2D eigenvalue weighted by Gasteiger charge is 2.32. The number of benzene rings is 4. The average molecular weight is 640 g/mol. The number of hydrogen-bond acceptors (Lipinski definition) is 6. The van der Waals surface area contributed by atoms with E-state index >= 15 is 0 Å². The fourth-order valence-corrected chi connectivity index (χ4v) is 7.87. The smallest absolute Gasteiger partial charge is 0.264 e. The Hall–Kier alpha value is -3.90. The number of rotatable bonds is 11. The molecule has 0 aromatic heterocycles. The number of nitrogens with zero attached hydrogens (tertiary/aromatic N) is 2. The standard InChI is InChI=1S/C31H30ClN3O6S2/c1-41-27-11-15-28(16-12-27)42(37,38)34(19-17-23-5-3-2-4-6-23)22-31(36)33-26-10-7-24-18-20-35(30(24)21-26)43(39,40)29-13-8-25(32)9-14-29/h2-16,21H,17-20,22H2,1H3,(H,33,36). The van der Waals surface area contributed by atoms with Crippen LogP contribution in [0.15, 0.2) is 107 Å². The van der Waals surface area contributed by atoms with Crippen molar-refractivity contribution in [3.05, 3.63) is 113 Å². The van der Waals surface area contributed by atoms with Gasteiger partial charge in [-0.15, -0.1) is 0 Å². The Kier molecular flexibility index (Phi) is 9.07. The number of methoxy groups -OCH3 is 1. The van der Waals surface area contributed by atoms with E-state index in [1.54, 1.807) is 30.3 Å². The molecule has 12 heteroatoms. The predicted octanol–water partition coefficient (Wildman–Crippen LogP) is 4.97. The number of nitrogens with one attached hydrogen (secondary N) is 1. The number of carbonyl (C=O) groups is 1. The summed E-state index contributed by atoms with van der Waals surface area (Å²) < 4.78 is 61.6. The van der Waals surface area contributed by atoms with E-state index in [0.717, 1.165) is 15.4 Å². The average Bonchev–Trinajstić information content (AvgIpc) is 3.44. The maximum atomic E-state index is 13.6. The van der Waals surface area contributed by atoms with Crippen LogP contribution in [0.1, 0.15) is 11.1 Å². The lowest BCUT2D eigenvalue weighted by atomic mass is 10.1. The van der Waals surface area contributed by atoms with E-state index in [2.05, 4.69) is 5.32 Å². The Balaban J connectivity index is 1.36. The zero-order chi connectivity index (χ0) is 30.6. The van der Waals surface area contributed by atoms with Crippen molar-refractivity contribution in [1.82, 2.24) is 4.31 Å². The minimum atomic E-state index is -4.03. The van der Waals surface area contributed by atoms with Gasteiger partial charge in [-0.2, -0.15) is 4.31 Å². The summed E-state index contributed by atoms with van der Waals surface area (Å²) in [6, 6.07) is 26.4. The molecule has 1 amide bonds. The van der Waals surface area contributed by atoms with Crippen molar-refractivity contribution >= 4 is 48.9 Å². The quantitative estimate of drug-likeness (QED) is 0.248. The van der Waals surface area contributed by atoms with Crippen LogP contribution in [0.3, 0.4) is 0 Å². The maximum Gasteiger partial charge on any atom is 0.264 e. The van der Waals surface area contributed by atoms with Gasteiger partial charge < -0.3 is 10.1 Å². The summed E-state index contributed by atoms with van der Waals surface area (Å²) >= 11 is 5.94. The molecule has 0 unspecified atom stereocenters. The molecule has 5 rings (SSSR count). The van der Waals surface area contributed by atoms with Crippen LogP contribution >= 0.6 is 11.6 Å². The first-order valence-electron chi connectivity index (χ1n) is 13.5. The lowest BCUT2D eigenvalue weighted by molar-refractivity contribution is -0.116. The molecule has 9 nitrogen and oxygen atoms in total. The van der Waals surface area contributed by atoms with Gasteiger partial charge in [-0.1, -0.05) is 48.0 Å². The van der Waals surface area contributed by atoms with Crippen LogP contribution in [0.5, 0.6) is 5.75 Å². The van der Waals surface area contributed by atoms with Crippen LogP contribution in [-0.4, -0.2) is 53.8 Å². The highest BCUT2D eigenvalue weighted by molar-refractivity contribution is 7.92. The molecule has 0 fully saturated rings. The second-order valence-corrected chi connectivity index (χ2v) is 14.2. The second-order valence-electron chi connectivity index (χ2n) is 9.92. The van der Waals surface area contributed by atoms with Gasteiger partial charge >= 0.3 is 0 Å². The minimum Gasteiger partial charge on any atom is -0.497 e. The molecule has 0 aliphatic carbocycles. The van der Waals surface area contributed by atoms with E-state index < -0.39 is 32.5 Å². The lowest BCUT2D eigenvalue weighted by Gasteiger charge is -2.23. The summed E-state index contributed by atoms with van der Waals surface area (Å²) in [5, 5.41) is 3.19. The van der Waals surface area contributed by atoms with Gasteiger partial charge in [-0.3, -0.25) is 9.10 Å². The third-order valence-electron chi connectivity index (χ3n) is 7.13. The first kappa shape index (κ1) is 30.6. The summed E-state index contributed by atoms with van der Waals surface area (Å²) in [7, 11) is -6.40.